The fraction of sp³-hybridized carbons (Fsp3) is 0.143. The summed E-state index contributed by atoms with van der Waals surface area (Å²) in [5, 5.41) is 12.4. The highest BCUT2D eigenvalue weighted by Gasteiger charge is 2.31. The maximum atomic E-state index is 12.9. The smallest absolute Gasteiger partial charge is 0.337 e. The van der Waals surface area contributed by atoms with Crippen LogP contribution < -0.4 is 5.32 Å². The molecule has 1 aromatic heterocycles. The molecule has 27 heavy (non-hydrogen) atoms. The molecule has 6 heteroatoms. The number of hydrogen-bond acceptors (Lipinski definition) is 3. The second kappa shape index (κ2) is 7.29. The molecule has 0 saturated heterocycles. The van der Waals surface area contributed by atoms with Crippen LogP contribution in [0.25, 0.3) is 11.1 Å². The molecule has 138 valence electrons. The molecular weight excluding hydrogens is 366 g/mol. The molecule has 0 radical (unpaired) electrons. The van der Waals surface area contributed by atoms with Crippen molar-refractivity contribution in [2.75, 3.05) is 5.32 Å². The maximum absolute atomic E-state index is 12.9. The van der Waals surface area contributed by atoms with Crippen LogP contribution in [-0.2, 0) is 10.2 Å². The van der Waals surface area contributed by atoms with Gasteiger partial charge in [0.1, 0.15) is 0 Å². The molecule has 3 rings (SSSR count). The molecule has 0 aliphatic carbocycles. The summed E-state index contributed by atoms with van der Waals surface area (Å²) in [4.78, 5) is 24.4. The minimum atomic E-state index is -1.16. The Labute approximate surface area is 161 Å². The Morgan fingerprint density at radius 3 is 2.52 bits per heavy atom. The molecule has 0 atom stereocenters. The summed E-state index contributed by atoms with van der Waals surface area (Å²) >= 11 is 5.87. The number of anilines is 1. The van der Waals surface area contributed by atoms with Gasteiger partial charge in [-0.2, -0.15) is 0 Å². The lowest BCUT2D eigenvalue weighted by molar-refractivity contribution is -0.120. The summed E-state index contributed by atoms with van der Waals surface area (Å²) in [5.41, 5.74) is 1.90. The van der Waals surface area contributed by atoms with E-state index in [9.17, 15) is 14.7 Å². The summed E-state index contributed by atoms with van der Waals surface area (Å²) < 4.78 is 5.12. The Balaban J connectivity index is 1.91. The number of nitrogens with one attached hydrogen (secondary N) is 1. The maximum Gasteiger partial charge on any atom is 0.337 e. The number of amides is 1. The van der Waals surface area contributed by atoms with E-state index in [1.807, 2.05) is 30.3 Å². The van der Waals surface area contributed by atoms with E-state index in [1.54, 1.807) is 26.4 Å². The normalized spacial score (nSPS) is 11.2. The zero-order valence-corrected chi connectivity index (χ0v) is 15.6. The lowest BCUT2D eigenvalue weighted by Crippen LogP contribution is -2.35. The van der Waals surface area contributed by atoms with Crippen LogP contribution in [0.1, 0.15) is 29.8 Å². The van der Waals surface area contributed by atoms with Crippen LogP contribution >= 0.6 is 11.6 Å². The number of benzene rings is 2. The van der Waals surface area contributed by atoms with Gasteiger partial charge in [0.25, 0.3) is 0 Å². The van der Waals surface area contributed by atoms with Gasteiger partial charge < -0.3 is 14.8 Å². The van der Waals surface area contributed by atoms with Gasteiger partial charge >= 0.3 is 5.97 Å². The highest BCUT2D eigenvalue weighted by molar-refractivity contribution is 6.31. The summed E-state index contributed by atoms with van der Waals surface area (Å²) in [6.07, 6.45) is 3.23. The van der Waals surface area contributed by atoms with E-state index in [-0.39, 0.29) is 22.2 Å². The summed E-state index contributed by atoms with van der Waals surface area (Å²) in [6, 6.07) is 13.8. The topological polar surface area (TPSA) is 79.5 Å². The molecule has 1 heterocycles. The average Bonchev–Trinajstić information content (AvgIpc) is 3.17. The van der Waals surface area contributed by atoms with E-state index in [1.165, 1.54) is 18.2 Å². The van der Waals surface area contributed by atoms with E-state index in [4.69, 9.17) is 16.0 Å². The number of aromatic carboxylic acids is 1. The van der Waals surface area contributed by atoms with E-state index >= 15 is 0 Å². The van der Waals surface area contributed by atoms with E-state index < -0.39 is 11.4 Å². The first kappa shape index (κ1) is 18.7. The minimum absolute atomic E-state index is 0.0567. The van der Waals surface area contributed by atoms with E-state index in [2.05, 4.69) is 5.32 Å². The largest absolute Gasteiger partial charge is 0.478 e. The molecule has 0 fully saturated rings. The van der Waals surface area contributed by atoms with Gasteiger partial charge in [-0.3, -0.25) is 4.79 Å². The van der Waals surface area contributed by atoms with Crippen LogP contribution in [0.5, 0.6) is 0 Å². The van der Waals surface area contributed by atoms with Crippen molar-refractivity contribution in [3.05, 3.63) is 77.2 Å². The van der Waals surface area contributed by atoms with Crippen LogP contribution in [0, 0.1) is 0 Å². The Hall–Kier alpha value is -3.05. The van der Waals surface area contributed by atoms with Crippen molar-refractivity contribution >= 4 is 29.2 Å². The first-order valence-electron chi connectivity index (χ1n) is 8.26. The number of halogens is 1. The predicted octanol–water partition coefficient (Wildman–Crippen LogP) is 5.21. The Bertz CT molecular complexity index is 993. The third-order valence-corrected chi connectivity index (χ3v) is 4.70. The van der Waals surface area contributed by atoms with Gasteiger partial charge in [0.15, 0.2) is 0 Å². The number of carbonyl (C=O) groups is 2. The van der Waals surface area contributed by atoms with E-state index in [0.29, 0.717) is 0 Å². The van der Waals surface area contributed by atoms with Crippen molar-refractivity contribution in [1.82, 2.24) is 0 Å². The van der Waals surface area contributed by atoms with Crippen LogP contribution in [0.15, 0.2) is 65.5 Å². The van der Waals surface area contributed by atoms with Gasteiger partial charge in [-0.05, 0) is 55.3 Å². The highest BCUT2D eigenvalue weighted by atomic mass is 35.5. The SMILES string of the molecule is CC(C)(C(=O)Nc1ccc(Cl)cc1C(=O)O)c1cccc(-c2ccoc2)c1. The Morgan fingerprint density at radius 2 is 1.85 bits per heavy atom. The van der Waals surface area contributed by atoms with Crippen molar-refractivity contribution in [3.63, 3.8) is 0 Å². The third kappa shape index (κ3) is 3.88. The molecule has 0 bridgehead atoms. The van der Waals surface area contributed by atoms with Gasteiger partial charge in [0.2, 0.25) is 5.91 Å². The van der Waals surface area contributed by atoms with Gasteiger partial charge in [-0.25, -0.2) is 4.79 Å². The summed E-state index contributed by atoms with van der Waals surface area (Å²) in [5.74, 6) is -1.48. The molecule has 0 aliphatic rings. The van der Waals surface area contributed by atoms with Crippen molar-refractivity contribution in [2.24, 2.45) is 0 Å². The highest BCUT2D eigenvalue weighted by Crippen LogP contribution is 2.30. The van der Waals surface area contributed by atoms with Gasteiger partial charge in [-0.15, -0.1) is 0 Å². The molecule has 5 nitrogen and oxygen atoms in total. The van der Waals surface area contributed by atoms with Gasteiger partial charge in [0.05, 0.1) is 29.2 Å². The Morgan fingerprint density at radius 1 is 1.07 bits per heavy atom. The number of carboxylic acid groups (broad SMARTS) is 1. The van der Waals surface area contributed by atoms with Crippen LogP contribution in [-0.4, -0.2) is 17.0 Å². The number of furan rings is 1. The van der Waals surface area contributed by atoms with Gasteiger partial charge in [0, 0.05) is 10.6 Å². The lowest BCUT2D eigenvalue weighted by Gasteiger charge is -2.25. The van der Waals surface area contributed by atoms with Crippen molar-refractivity contribution < 1.29 is 19.1 Å². The molecule has 1 amide bonds. The fourth-order valence-electron chi connectivity index (χ4n) is 2.73. The molecule has 3 aromatic rings. The molecule has 2 aromatic carbocycles. The predicted molar refractivity (Wildman–Crippen MR) is 104 cm³/mol. The second-order valence-corrected chi connectivity index (χ2v) is 7.10. The molecule has 0 saturated carbocycles. The molecule has 0 unspecified atom stereocenters. The summed E-state index contributed by atoms with van der Waals surface area (Å²) in [6.45, 7) is 3.57. The van der Waals surface area contributed by atoms with Crippen LogP contribution in [0.3, 0.4) is 0 Å². The standard InChI is InChI=1S/C21H18ClNO4/c1-21(2,15-5-3-4-13(10-15)14-8-9-27-12-14)20(26)23-18-7-6-16(22)11-17(18)19(24)25/h3-12H,1-2H3,(H,23,26)(H,24,25). The number of carbonyl (C=O) groups excluding carboxylic acids is 1. The molecule has 0 aliphatic heterocycles. The first-order valence-corrected chi connectivity index (χ1v) is 8.64. The van der Waals surface area contributed by atoms with Crippen LogP contribution in [0.4, 0.5) is 5.69 Å². The minimum Gasteiger partial charge on any atom is -0.478 e. The van der Waals surface area contributed by atoms with Crippen molar-refractivity contribution in [3.8, 4) is 11.1 Å². The number of hydrogen-bond donors (Lipinski definition) is 2. The third-order valence-electron chi connectivity index (χ3n) is 4.47. The second-order valence-electron chi connectivity index (χ2n) is 6.67. The zero-order valence-electron chi connectivity index (χ0n) is 14.8. The quantitative estimate of drug-likeness (QED) is 0.633. The Kier molecular flexibility index (Phi) is 5.06. The molecule has 0 spiro atoms. The van der Waals surface area contributed by atoms with Gasteiger partial charge in [-0.1, -0.05) is 29.8 Å². The number of rotatable bonds is 5. The van der Waals surface area contributed by atoms with E-state index in [0.717, 1.165) is 16.7 Å². The van der Waals surface area contributed by atoms with Crippen LogP contribution in [0.2, 0.25) is 5.02 Å². The fourth-order valence-corrected chi connectivity index (χ4v) is 2.90. The van der Waals surface area contributed by atoms with Crippen molar-refractivity contribution in [2.45, 2.75) is 19.3 Å². The lowest BCUT2D eigenvalue weighted by atomic mass is 9.82. The molecular formula is C21H18ClNO4. The first-order chi connectivity index (χ1) is 12.8. The average molecular weight is 384 g/mol. The zero-order chi connectivity index (χ0) is 19.6. The molecule has 2 N–H and O–H groups in total. The monoisotopic (exact) mass is 383 g/mol. The summed E-state index contributed by atoms with van der Waals surface area (Å²) in [7, 11) is 0. The van der Waals surface area contributed by atoms with Crippen molar-refractivity contribution in [1.29, 1.82) is 0 Å². The number of carboxylic acids is 1.